The summed E-state index contributed by atoms with van der Waals surface area (Å²) in [7, 11) is 0. The van der Waals surface area contributed by atoms with E-state index in [-0.39, 0.29) is 83.6 Å². The second-order valence-corrected chi connectivity index (χ2v) is 18.8. The Kier molecular flexibility index (Phi) is 28.9. The fourth-order valence-electron chi connectivity index (χ4n) is 7.75. The lowest BCUT2D eigenvalue weighted by Gasteiger charge is -2.28. The van der Waals surface area contributed by atoms with Gasteiger partial charge in [-0.2, -0.15) is 0 Å². The zero-order chi connectivity index (χ0) is 56.4. The number of carbonyl (C=O) groups is 10. The number of rotatable bonds is 22. The molecule has 1 aliphatic heterocycles. The van der Waals surface area contributed by atoms with Gasteiger partial charge >= 0.3 is 0 Å². The van der Waals surface area contributed by atoms with Gasteiger partial charge in [0.1, 0.15) is 54.4 Å². The van der Waals surface area contributed by atoms with Gasteiger partial charge in [-0.05, 0) is 103 Å². The maximum Gasteiger partial charge on any atom is 0.245 e. The molecule has 28 nitrogen and oxygen atoms in total. The van der Waals surface area contributed by atoms with Crippen LogP contribution in [0.5, 0.6) is 0 Å². The molecule has 4 unspecified atom stereocenters. The molecule has 2 rings (SSSR count). The van der Waals surface area contributed by atoms with E-state index in [1.165, 1.54) is 13.8 Å². The second kappa shape index (κ2) is 33.5. The van der Waals surface area contributed by atoms with Gasteiger partial charge in [-0.15, -0.1) is 0 Å². The van der Waals surface area contributed by atoms with E-state index in [1.54, 1.807) is 44.2 Å². The molecule has 0 radical (unpaired) electrons. The van der Waals surface area contributed by atoms with Gasteiger partial charge in [-0.1, -0.05) is 44.2 Å². The maximum absolute atomic E-state index is 14.4. The number of nitrogens with one attached hydrogen (secondary N) is 10. The van der Waals surface area contributed by atoms with Crippen molar-refractivity contribution in [1.29, 1.82) is 0 Å². The van der Waals surface area contributed by atoms with Gasteiger partial charge in [0.2, 0.25) is 59.1 Å². The molecule has 12 atom stereocenters. The Labute approximate surface area is 436 Å². The third kappa shape index (κ3) is 22.2. The van der Waals surface area contributed by atoms with E-state index < -0.39 is 145 Å². The van der Waals surface area contributed by atoms with Crippen molar-refractivity contribution < 1.29 is 58.2 Å². The molecule has 0 spiro atoms. The fourth-order valence-corrected chi connectivity index (χ4v) is 7.75. The summed E-state index contributed by atoms with van der Waals surface area (Å²) in [6.07, 6.45) is -4.24. The van der Waals surface area contributed by atoms with Crippen molar-refractivity contribution in [2.45, 2.75) is 152 Å². The predicted molar refractivity (Wildman–Crippen MR) is 274 cm³/mol. The Morgan fingerprint density at radius 3 is 1.56 bits per heavy atom. The SMILES string of the molecule is CC(C)CC1NC(=O)C(Cc2ccccc2)NC(=O)C(CCN)NC(=O)[C@@H](NC(=O)[C@H](CCN)NC(=O)[C@@H](NC(=O)[C@@H](N)CCN)[C@@H](C)O)CCNC(=O)[C@H]([C@@H](C)O)NC(=O)C(CCN)NC(=O)[C@H](CCN)NC1=O. The van der Waals surface area contributed by atoms with Crippen LogP contribution in [0.3, 0.4) is 0 Å². The number of aliphatic hydroxyl groups is 2. The van der Waals surface area contributed by atoms with E-state index in [0.29, 0.717) is 5.56 Å². The highest BCUT2D eigenvalue weighted by Gasteiger charge is 2.37. The number of benzene rings is 1. The Hall–Kier alpha value is -6.40. The molecule has 1 aromatic rings. The molecule has 0 aliphatic carbocycles. The molecule has 422 valence electrons. The summed E-state index contributed by atoms with van der Waals surface area (Å²) in [6.45, 7) is 4.96. The van der Waals surface area contributed by atoms with Crippen LogP contribution in [0.25, 0.3) is 0 Å². The molecule has 1 aromatic carbocycles. The van der Waals surface area contributed by atoms with Crippen LogP contribution in [0.1, 0.15) is 78.2 Å². The summed E-state index contributed by atoms with van der Waals surface area (Å²) in [4.78, 5) is 139. The first-order valence-electron chi connectivity index (χ1n) is 25.2. The van der Waals surface area contributed by atoms with Crippen LogP contribution in [0.2, 0.25) is 0 Å². The van der Waals surface area contributed by atoms with E-state index in [4.69, 9.17) is 34.4 Å². The number of nitrogens with two attached hydrogens (primary N) is 6. The molecule has 10 amide bonds. The first-order valence-corrected chi connectivity index (χ1v) is 25.2. The molecule has 24 N–H and O–H groups in total. The minimum atomic E-state index is -1.67. The van der Waals surface area contributed by atoms with Gasteiger partial charge in [0.25, 0.3) is 0 Å². The van der Waals surface area contributed by atoms with Crippen molar-refractivity contribution in [3.05, 3.63) is 35.9 Å². The van der Waals surface area contributed by atoms with Crippen LogP contribution in [0.15, 0.2) is 30.3 Å². The number of amides is 10. The molecule has 75 heavy (non-hydrogen) atoms. The standard InChI is InChI=1S/C47H82N16O12/c1-24(2)22-34-44(72)57-29(11-17-49)39(67)56-32(14-20-52)43(71)63-36(25(3)64)46(74)54-21-15-33(58-40(68)31(13-19-51)59-47(75)37(26(4)65)62-38(66)28(53)10-16-48)42(70)55-30(12-18-50)41(69)61-35(45(73)60-34)23-27-8-6-5-7-9-27/h5-9,24-26,28-37,64-65H,10-23,48-53H2,1-4H3,(H,54,74)(H,55,70)(H,56,67)(H,57,72)(H,58,68)(H,59,75)(H,60,73)(H,61,69)(H,62,66)(H,63,71)/t25-,26-,28+,29+,30?,31+,32?,33+,34?,35?,36+,37+/m1/s1. The Bertz CT molecular complexity index is 2050. The van der Waals surface area contributed by atoms with Gasteiger partial charge in [0.15, 0.2) is 0 Å². The number of hydrogen-bond donors (Lipinski definition) is 18. The summed E-state index contributed by atoms with van der Waals surface area (Å²) in [6, 6.07) is -5.92. The van der Waals surface area contributed by atoms with Gasteiger partial charge in [0.05, 0.1) is 18.2 Å². The minimum absolute atomic E-state index is 0.0475. The van der Waals surface area contributed by atoms with Crippen molar-refractivity contribution in [2.24, 2.45) is 40.3 Å². The molecule has 1 saturated heterocycles. The average molecular weight is 1060 g/mol. The largest absolute Gasteiger partial charge is 0.391 e. The van der Waals surface area contributed by atoms with E-state index in [0.717, 1.165) is 0 Å². The van der Waals surface area contributed by atoms with Crippen LogP contribution in [0.4, 0.5) is 0 Å². The molecule has 0 aromatic heterocycles. The third-order valence-electron chi connectivity index (χ3n) is 11.9. The normalized spacial score (nSPS) is 24.0. The van der Waals surface area contributed by atoms with E-state index >= 15 is 0 Å². The van der Waals surface area contributed by atoms with E-state index in [1.807, 2.05) is 0 Å². The van der Waals surface area contributed by atoms with Crippen molar-refractivity contribution in [3.63, 3.8) is 0 Å². The average Bonchev–Trinajstić information content (AvgIpc) is 3.35. The van der Waals surface area contributed by atoms with Gasteiger partial charge in [-0.25, -0.2) is 0 Å². The topological polar surface area (TPSA) is 488 Å². The lowest BCUT2D eigenvalue weighted by atomic mass is 10.00. The lowest BCUT2D eigenvalue weighted by molar-refractivity contribution is -0.136. The van der Waals surface area contributed by atoms with Gasteiger partial charge in [-0.3, -0.25) is 47.9 Å². The quantitative estimate of drug-likeness (QED) is 0.0513. The molecule has 1 fully saturated rings. The third-order valence-corrected chi connectivity index (χ3v) is 11.9. The molecule has 0 saturated carbocycles. The minimum Gasteiger partial charge on any atom is -0.391 e. The van der Waals surface area contributed by atoms with Gasteiger partial charge < -0.3 is 97.8 Å². The molecule has 1 aliphatic rings. The molecule has 28 heteroatoms. The molecule has 1 heterocycles. The summed E-state index contributed by atoms with van der Waals surface area (Å²) in [5.74, 6) is -9.37. The van der Waals surface area contributed by atoms with Crippen molar-refractivity contribution in [3.8, 4) is 0 Å². The first kappa shape index (κ1) is 64.7. The molecular weight excluding hydrogens is 981 g/mol. The Balaban J connectivity index is 2.74. The van der Waals surface area contributed by atoms with Crippen LogP contribution in [-0.4, -0.2) is 181 Å². The highest BCUT2D eigenvalue weighted by Crippen LogP contribution is 2.11. The van der Waals surface area contributed by atoms with Crippen LogP contribution < -0.4 is 87.6 Å². The van der Waals surface area contributed by atoms with E-state index in [2.05, 4.69) is 53.2 Å². The number of hydrogen-bond acceptors (Lipinski definition) is 18. The highest BCUT2D eigenvalue weighted by molar-refractivity contribution is 5.99. The van der Waals surface area contributed by atoms with Crippen LogP contribution in [0, 0.1) is 5.92 Å². The fraction of sp³-hybridized carbons (Fsp3) is 0.660. The Morgan fingerprint density at radius 1 is 0.587 bits per heavy atom. The number of aliphatic hydroxyl groups excluding tert-OH is 2. The van der Waals surface area contributed by atoms with Crippen LogP contribution in [-0.2, 0) is 54.4 Å². The van der Waals surface area contributed by atoms with Crippen LogP contribution >= 0.6 is 0 Å². The second-order valence-electron chi connectivity index (χ2n) is 18.8. The lowest BCUT2D eigenvalue weighted by Crippen LogP contribution is -2.61. The maximum atomic E-state index is 14.4. The molecule has 0 bridgehead atoms. The van der Waals surface area contributed by atoms with Crippen molar-refractivity contribution >= 4 is 59.1 Å². The molecular formula is C47H82N16O12. The van der Waals surface area contributed by atoms with Gasteiger partial charge in [0, 0.05) is 13.0 Å². The summed E-state index contributed by atoms with van der Waals surface area (Å²) >= 11 is 0. The number of carbonyl (C=O) groups excluding carboxylic acids is 10. The first-order chi connectivity index (χ1) is 35.5. The highest BCUT2D eigenvalue weighted by atomic mass is 16.3. The summed E-state index contributed by atoms with van der Waals surface area (Å²) in [5.41, 5.74) is 35.3. The zero-order valence-corrected chi connectivity index (χ0v) is 43.2. The monoisotopic (exact) mass is 1060 g/mol. The van der Waals surface area contributed by atoms with E-state index in [9.17, 15) is 58.2 Å². The predicted octanol–water partition coefficient (Wildman–Crippen LogP) is -8.01. The summed E-state index contributed by atoms with van der Waals surface area (Å²) in [5, 5.41) is 46.4. The van der Waals surface area contributed by atoms with Crippen molar-refractivity contribution in [2.75, 3.05) is 39.3 Å². The van der Waals surface area contributed by atoms with Crippen molar-refractivity contribution in [1.82, 2.24) is 53.2 Å². The summed E-state index contributed by atoms with van der Waals surface area (Å²) < 4.78 is 0. The Morgan fingerprint density at radius 2 is 1.07 bits per heavy atom. The zero-order valence-electron chi connectivity index (χ0n) is 43.2. The smallest absolute Gasteiger partial charge is 0.245 e.